The zero-order chi connectivity index (χ0) is 20.3. The first-order valence-electron chi connectivity index (χ1n) is 8.32. The van der Waals surface area contributed by atoms with Crippen LogP contribution in [0.1, 0.15) is 16.1 Å². The number of hydrogen-bond donors (Lipinski definition) is 0. The minimum atomic E-state index is -4.72. The maximum Gasteiger partial charge on any atom is 0.573 e. The Labute approximate surface area is 157 Å². The van der Waals surface area contributed by atoms with Crippen LogP contribution in [-0.2, 0) is 6.54 Å². The number of nitrogens with zero attached hydrogens (tertiary/aromatic N) is 3. The smallest absolute Gasteiger partial charge is 0.406 e. The van der Waals surface area contributed by atoms with Gasteiger partial charge in [-0.2, -0.15) is 0 Å². The van der Waals surface area contributed by atoms with Crippen molar-refractivity contribution < 1.29 is 32.0 Å². The molecule has 0 atom stereocenters. The average Bonchev–Trinajstić information content (AvgIpc) is 3.13. The van der Waals surface area contributed by atoms with E-state index in [1.54, 1.807) is 17.0 Å². The summed E-state index contributed by atoms with van der Waals surface area (Å²) in [6.07, 6.45) is -4.72. The number of nitro groups is 1. The molecule has 1 aliphatic heterocycles. The number of rotatable bonds is 5. The molecular weight excluding hydrogens is 383 g/mol. The monoisotopic (exact) mass is 399 g/mol. The lowest BCUT2D eigenvalue weighted by Crippen LogP contribution is -2.48. The largest absolute Gasteiger partial charge is 0.573 e. The number of hydrogen-bond acceptors (Lipinski definition) is 6. The highest BCUT2D eigenvalue weighted by molar-refractivity contribution is 5.91. The SMILES string of the molecule is O=C(c1ccc([N+](=O)[O-])o1)N1CCN(Cc2ccc(OC(F)(F)F)cc2)CC1. The molecule has 8 nitrogen and oxygen atoms in total. The van der Waals surface area contributed by atoms with Crippen LogP contribution < -0.4 is 4.74 Å². The number of halogens is 3. The predicted octanol–water partition coefficient (Wildman–Crippen LogP) is 3.04. The fourth-order valence-electron chi connectivity index (χ4n) is 2.86. The first-order valence-corrected chi connectivity index (χ1v) is 8.32. The molecule has 1 aromatic carbocycles. The maximum absolute atomic E-state index is 12.3. The Morgan fingerprint density at radius 3 is 2.29 bits per heavy atom. The normalized spacial score (nSPS) is 15.5. The van der Waals surface area contributed by atoms with Crippen LogP contribution in [0.3, 0.4) is 0 Å². The number of benzene rings is 1. The van der Waals surface area contributed by atoms with Crippen molar-refractivity contribution in [2.24, 2.45) is 0 Å². The summed E-state index contributed by atoms with van der Waals surface area (Å²) in [7, 11) is 0. The van der Waals surface area contributed by atoms with Gasteiger partial charge in [-0.3, -0.25) is 19.8 Å². The van der Waals surface area contributed by atoms with Gasteiger partial charge >= 0.3 is 12.2 Å². The van der Waals surface area contributed by atoms with E-state index in [2.05, 4.69) is 4.74 Å². The predicted molar refractivity (Wildman–Crippen MR) is 89.7 cm³/mol. The number of furan rings is 1. The van der Waals surface area contributed by atoms with Crippen molar-refractivity contribution in [3.63, 3.8) is 0 Å². The van der Waals surface area contributed by atoms with E-state index < -0.39 is 23.1 Å². The summed E-state index contributed by atoms with van der Waals surface area (Å²) in [6, 6.07) is 8.03. The second kappa shape index (κ2) is 7.89. The van der Waals surface area contributed by atoms with E-state index in [0.29, 0.717) is 32.7 Å². The molecule has 1 fully saturated rings. The van der Waals surface area contributed by atoms with Gasteiger partial charge in [-0.1, -0.05) is 12.1 Å². The molecule has 2 heterocycles. The lowest BCUT2D eigenvalue weighted by atomic mass is 10.2. The van der Waals surface area contributed by atoms with Gasteiger partial charge in [0.05, 0.1) is 6.07 Å². The topological polar surface area (TPSA) is 89.1 Å². The van der Waals surface area contributed by atoms with Crippen molar-refractivity contribution >= 4 is 11.8 Å². The van der Waals surface area contributed by atoms with Gasteiger partial charge in [0.15, 0.2) is 5.76 Å². The fraction of sp³-hybridized carbons (Fsp3) is 0.353. The Kier molecular flexibility index (Phi) is 5.54. The molecule has 2 aromatic rings. The highest BCUT2D eigenvalue weighted by Crippen LogP contribution is 2.23. The Morgan fingerprint density at radius 2 is 1.75 bits per heavy atom. The number of alkyl halides is 3. The second-order valence-corrected chi connectivity index (χ2v) is 6.16. The highest BCUT2D eigenvalue weighted by Gasteiger charge is 2.31. The van der Waals surface area contributed by atoms with Crippen LogP contribution in [0.4, 0.5) is 19.1 Å². The molecule has 0 saturated carbocycles. The number of ether oxygens (including phenoxy) is 1. The van der Waals surface area contributed by atoms with Crippen molar-refractivity contribution in [1.82, 2.24) is 9.80 Å². The van der Waals surface area contributed by atoms with Gasteiger partial charge in [0, 0.05) is 32.7 Å². The van der Waals surface area contributed by atoms with Crippen molar-refractivity contribution in [1.29, 1.82) is 0 Å². The van der Waals surface area contributed by atoms with Gasteiger partial charge < -0.3 is 14.1 Å². The summed E-state index contributed by atoms with van der Waals surface area (Å²) in [6.45, 7) is 2.43. The van der Waals surface area contributed by atoms with Crippen molar-refractivity contribution in [2.75, 3.05) is 26.2 Å². The standard InChI is InChI=1S/C17H16F3N3O5/c18-17(19,20)28-13-3-1-12(2-4-13)11-21-7-9-22(10-8-21)16(24)14-5-6-15(27-14)23(25)26/h1-6H,7-11H2. The zero-order valence-electron chi connectivity index (χ0n) is 14.5. The van der Waals surface area contributed by atoms with Gasteiger partial charge in [-0.25, -0.2) is 0 Å². The Morgan fingerprint density at radius 1 is 1.11 bits per heavy atom. The summed E-state index contributed by atoms with van der Waals surface area (Å²) in [5, 5.41) is 10.6. The first kappa shape index (κ1) is 19.7. The lowest BCUT2D eigenvalue weighted by Gasteiger charge is -2.34. The van der Waals surface area contributed by atoms with Crippen LogP contribution in [0.25, 0.3) is 0 Å². The van der Waals surface area contributed by atoms with Crippen molar-refractivity contribution in [2.45, 2.75) is 12.9 Å². The minimum absolute atomic E-state index is 0.0830. The summed E-state index contributed by atoms with van der Waals surface area (Å²) in [4.78, 5) is 25.9. The molecule has 0 aliphatic carbocycles. The summed E-state index contributed by atoms with van der Waals surface area (Å²) in [5.41, 5.74) is 0.816. The van der Waals surface area contributed by atoms with Crippen LogP contribution in [0.15, 0.2) is 40.8 Å². The molecule has 0 radical (unpaired) electrons. The molecule has 0 bridgehead atoms. The lowest BCUT2D eigenvalue weighted by molar-refractivity contribution is -0.402. The van der Waals surface area contributed by atoms with Gasteiger partial charge in [0.1, 0.15) is 10.7 Å². The Hall–Kier alpha value is -3.08. The minimum Gasteiger partial charge on any atom is -0.406 e. The van der Waals surface area contributed by atoms with Gasteiger partial charge in [0.25, 0.3) is 5.91 Å². The van der Waals surface area contributed by atoms with Crippen LogP contribution in [0.2, 0.25) is 0 Å². The summed E-state index contributed by atoms with van der Waals surface area (Å²) >= 11 is 0. The van der Waals surface area contributed by atoms with E-state index in [4.69, 9.17) is 4.42 Å². The molecule has 3 rings (SSSR count). The molecule has 0 unspecified atom stereocenters. The van der Waals surface area contributed by atoms with E-state index in [1.807, 2.05) is 4.90 Å². The molecule has 28 heavy (non-hydrogen) atoms. The van der Waals surface area contributed by atoms with Gasteiger partial charge in [-0.05, 0) is 23.8 Å². The molecule has 1 amide bonds. The first-order chi connectivity index (χ1) is 13.2. The third kappa shape index (κ3) is 5.00. The number of carbonyl (C=O) groups excluding carboxylic acids is 1. The van der Waals surface area contributed by atoms with Gasteiger partial charge in [0.2, 0.25) is 0 Å². The highest BCUT2D eigenvalue weighted by atomic mass is 19.4. The third-order valence-electron chi connectivity index (χ3n) is 4.21. The van der Waals surface area contributed by atoms with E-state index in [1.165, 1.54) is 18.2 Å². The van der Waals surface area contributed by atoms with E-state index in [-0.39, 0.29) is 11.5 Å². The third-order valence-corrected chi connectivity index (χ3v) is 4.21. The van der Waals surface area contributed by atoms with Crippen LogP contribution in [0, 0.1) is 10.1 Å². The average molecular weight is 399 g/mol. The molecule has 11 heteroatoms. The summed E-state index contributed by atoms with van der Waals surface area (Å²) < 4.78 is 45.3. The molecule has 150 valence electrons. The zero-order valence-corrected chi connectivity index (χ0v) is 14.5. The van der Waals surface area contributed by atoms with Crippen molar-refractivity contribution in [3.05, 3.63) is 57.8 Å². The second-order valence-electron chi connectivity index (χ2n) is 6.16. The summed E-state index contributed by atoms with van der Waals surface area (Å²) in [5.74, 6) is -1.26. The van der Waals surface area contributed by atoms with E-state index in [0.717, 1.165) is 11.6 Å². The molecule has 0 spiro atoms. The maximum atomic E-state index is 12.3. The molecule has 1 aromatic heterocycles. The molecule has 1 saturated heterocycles. The van der Waals surface area contributed by atoms with Crippen molar-refractivity contribution in [3.8, 4) is 5.75 Å². The molecule has 1 aliphatic rings. The fourth-order valence-corrected chi connectivity index (χ4v) is 2.86. The number of carbonyl (C=O) groups is 1. The van der Waals surface area contributed by atoms with E-state index >= 15 is 0 Å². The Bertz CT molecular complexity index is 842. The molecule has 0 N–H and O–H groups in total. The Balaban J connectivity index is 1.51. The molecular formula is C17H16F3N3O5. The van der Waals surface area contributed by atoms with Crippen LogP contribution >= 0.6 is 0 Å². The quantitative estimate of drug-likeness (QED) is 0.567. The van der Waals surface area contributed by atoms with Crippen LogP contribution in [0.5, 0.6) is 5.75 Å². The van der Waals surface area contributed by atoms with Crippen LogP contribution in [-0.4, -0.2) is 53.2 Å². The number of amides is 1. The number of piperazine rings is 1. The van der Waals surface area contributed by atoms with E-state index in [9.17, 15) is 28.1 Å². The van der Waals surface area contributed by atoms with Gasteiger partial charge in [-0.15, -0.1) is 13.2 Å².